The number of anilines is 1. The van der Waals surface area contributed by atoms with E-state index >= 15 is 0 Å². The molecule has 0 aromatic heterocycles. The van der Waals surface area contributed by atoms with E-state index in [1.807, 2.05) is 53.4 Å². The van der Waals surface area contributed by atoms with E-state index < -0.39 is 34.1 Å². The Hall–Kier alpha value is -5.37. The molecule has 1 amide bonds. The number of fused-ring (bicyclic) bond motifs is 6. The van der Waals surface area contributed by atoms with Crippen molar-refractivity contribution < 1.29 is 19.3 Å². The molecule has 3 aliphatic rings. The molecule has 1 spiro atoms. The largest absolute Gasteiger partial charge is 0.358 e. The number of ketones is 2. The van der Waals surface area contributed by atoms with E-state index in [-0.39, 0.29) is 22.9 Å². The molecular formula is C33H23N3O5. The Balaban J connectivity index is 1.53. The van der Waals surface area contributed by atoms with Crippen molar-refractivity contribution in [3.8, 4) is 0 Å². The number of carbonyl (C=O) groups is 3. The molecule has 0 bridgehead atoms. The van der Waals surface area contributed by atoms with Gasteiger partial charge in [0.2, 0.25) is 5.91 Å². The summed E-state index contributed by atoms with van der Waals surface area (Å²) in [6.45, 7) is 0. The van der Waals surface area contributed by atoms with E-state index in [2.05, 4.69) is 5.32 Å². The van der Waals surface area contributed by atoms with Crippen molar-refractivity contribution in [2.75, 3.05) is 5.32 Å². The highest BCUT2D eigenvalue weighted by molar-refractivity contribution is 6.16. The highest BCUT2D eigenvalue weighted by atomic mass is 16.6. The van der Waals surface area contributed by atoms with Gasteiger partial charge in [0.15, 0.2) is 11.6 Å². The minimum absolute atomic E-state index is 0.102. The van der Waals surface area contributed by atoms with Crippen LogP contribution in [0, 0.1) is 16.0 Å². The van der Waals surface area contributed by atoms with Gasteiger partial charge in [0.25, 0.3) is 5.69 Å². The fourth-order valence-electron chi connectivity index (χ4n) is 6.89. The molecule has 3 aliphatic heterocycles. The van der Waals surface area contributed by atoms with Crippen LogP contribution < -0.4 is 5.32 Å². The van der Waals surface area contributed by atoms with Crippen LogP contribution in [-0.2, 0) is 10.2 Å². The Bertz CT molecular complexity index is 1800. The predicted octanol–water partition coefficient (Wildman–Crippen LogP) is 5.58. The summed E-state index contributed by atoms with van der Waals surface area (Å²) in [6.07, 6.45) is 3.66. The van der Waals surface area contributed by atoms with Gasteiger partial charge in [-0.05, 0) is 28.8 Å². The Kier molecular flexibility index (Phi) is 5.47. The number of hydrogen-bond acceptors (Lipinski definition) is 6. The molecule has 1 N–H and O–H groups in total. The smallest absolute Gasteiger partial charge is 0.270 e. The molecule has 41 heavy (non-hydrogen) atoms. The van der Waals surface area contributed by atoms with Crippen molar-refractivity contribution in [3.05, 3.63) is 147 Å². The van der Waals surface area contributed by atoms with Crippen LogP contribution in [0.3, 0.4) is 0 Å². The zero-order chi connectivity index (χ0) is 28.3. The minimum atomic E-state index is -1.45. The molecule has 4 aromatic rings. The highest BCUT2D eigenvalue weighted by Crippen LogP contribution is 2.62. The van der Waals surface area contributed by atoms with Crippen LogP contribution in [0.15, 0.2) is 109 Å². The number of amides is 1. The summed E-state index contributed by atoms with van der Waals surface area (Å²) in [5.74, 6) is -2.31. The average Bonchev–Trinajstić information content (AvgIpc) is 3.49. The summed E-state index contributed by atoms with van der Waals surface area (Å²) in [5, 5.41) is 14.6. The van der Waals surface area contributed by atoms with Crippen LogP contribution in [0.1, 0.15) is 43.4 Å². The lowest BCUT2D eigenvalue weighted by Crippen LogP contribution is -2.49. The third-order valence-corrected chi connectivity index (χ3v) is 8.52. The van der Waals surface area contributed by atoms with E-state index in [0.717, 1.165) is 11.1 Å². The van der Waals surface area contributed by atoms with Gasteiger partial charge in [0, 0.05) is 35.1 Å². The van der Waals surface area contributed by atoms with Gasteiger partial charge in [-0.2, -0.15) is 0 Å². The number of non-ortho nitro benzene ring substituents is 1. The third kappa shape index (κ3) is 3.43. The number of nitro benzene ring substituents is 1. The van der Waals surface area contributed by atoms with Crippen LogP contribution in [-0.4, -0.2) is 33.3 Å². The lowest BCUT2D eigenvalue weighted by atomic mass is 9.62. The second-order valence-electron chi connectivity index (χ2n) is 10.5. The SMILES string of the molecule is O=C(c1ccccc1)[C@@H]1[C@H](C(=O)c2cccc([N+](=O)[O-])c2)N2C=Cc3ccccc3[C@@H]2[C@]12C(=O)Nc1ccccc12. The lowest BCUT2D eigenvalue weighted by molar-refractivity contribution is -0.384. The van der Waals surface area contributed by atoms with Gasteiger partial charge in [-0.15, -0.1) is 0 Å². The van der Waals surface area contributed by atoms with E-state index in [0.29, 0.717) is 16.8 Å². The van der Waals surface area contributed by atoms with Crippen molar-refractivity contribution in [1.82, 2.24) is 4.90 Å². The van der Waals surface area contributed by atoms with Crippen LogP contribution in [0.4, 0.5) is 11.4 Å². The van der Waals surface area contributed by atoms with Crippen molar-refractivity contribution in [1.29, 1.82) is 0 Å². The molecule has 8 heteroatoms. The van der Waals surface area contributed by atoms with Gasteiger partial charge in [0.05, 0.1) is 16.9 Å². The molecule has 0 unspecified atom stereocenters. The highest BCUT2D eigenvalue weighted by Gasteiger charge is 2.70. The summed E-state index contributed by atoms with van der Waals surface area (Å²) in [4.78, 5) is 56.4. The quantitative estimate of drug-likeness (QED) is 0.201. The number of benzene rings is 4. The molecule has 3 heterocycles. The normalized spacial score (nSPS) is 23.5. The van der Waals surface area contributed by atoms with Gasteiger partial charge in [-0.3, -0.25) is 24.5 Å². The Morgan fingerprint density at radius 3 is 2.34 bits per heavy atom. The predicted molar refractivity (Wildman–Crippen MR) is 152 cm³/mol. The Labute approximate surface area is 235 Å². The molecule has 200 valence electrons. The van der Waals surface area contributed by atoms with Crippen LogP contribution in [0.5, 0.6) is 0 Å². The van der Waals surface area contributed by atoms with Gasteiger partial charge >= 0.3 is 0 Å². The second-order valence-corrected chi connectivity index (χ2v) is 10.5. The lowest BCUT2D eigenvalue weighted by Gasteiger charge is -2.38. The zero-order valence-corrected chi connectivity index (χ0v) is 21.6. The number of rotatable bonds is 5. The fraction of sp³-hybridized carbons (Fsp3) is 0.121. The molecule has 1 saturated heterocycles. The van der Waals surface area contributed by atoms with Crippen molar-refractivity contribution in [2.45, 2.75) is 17.5 Å². The molecular weight excluding hydrogens is 518 g/mol. The molecule has 8 nitrogen and oxygen atoms in total. The summed E-state index contributed by atoms with van der Waals surface area (Å²) in [6, 6.07) is 27.3. The maximum Gasteiger partial charge on any atom is 0.270 e. The van der Waals surface area contributed by atoms with Crippen molar-refractivity contribution in [2.24, 2.45) is 5.92 Å². The number of nitrogens with zero attached hydrogens (tertiary/aromatic N) is 2. The zero-order valence-electron chi connectivity index (χ0n) is 21.6. The van der Waals surface area contributed by atoms with Gasteiger partial charge < -0.3 is 10.2 Å². The number of nitrogens with one attached hydrogen (secondary N) is 1. The van der Waals surface area contributed by atoms with E-state index in [4.69, 9.17) is 0 Å². The number of Topliss-reactive ketones (excluding diaryl/α,β-unsaturated/α-hetero) is 2. The monoisotopic (exact) mass is 541 g/mol. The molecule has 4 aromatic carbocycles. The number of para-hydroxylation sites is 1. The van der Waals surface area contributed by atoms with Crippen LogP contribution in [0.25, 0.3) is 6.08 Å². The van der Waals surface area contributed by atoms with Gasteiger partial charge in [0.1, 0.15) is 11.5 Å². The standard InChI is InChI=1S/C33H23N3O5/c37-29(21-10-2-1-3-11-21)27-28(30(38)22-12-8-13-23(19-22)36(40)41)35-18-17-20-9-4-5-14-24(20)31(35)33(27)25-15-6-7-16-26(25)34-32(33)39/h1-19,27-28,31H,(H,34,39)/t27-,28+,31+,33+/m0/s1. The minimum Gasteiger partial charge on any atom is -0.358 e. The van der Waals surface area contributed by atoms with Crippen molar-refractivity contribution in [3.63, 3.8) is 0 Å². The second kappa shape index (κ2) is 9.09. The van der Waals surface area contributed by atoms with Gasteiger partial charge in [-0.25, -0.2) is 0 Å². The Morgan fingerprint density at radius 2 is 1.54 bits per heavy atom. The summed E-state index contributed by atoms with van der Waals surface area (Å²) in [5.41, 5.74) is 1.75. The summed E-state index contributed by atoms with van der Waals surface area (Å²) in [7, 11) is 0. The summed E-state index contributed by atoms with van der Waals surface area (Å²) < 4.78 is 0. The van der Waals surface area contributed by atoms with Crippen molar-refractivity contribution >= 4 is 34.9 Å². The molecule has 1 fully saturated rings. The average molecular weight is 542 g/mol. The fourth-order valence-corrected chi connectivity index (χ4v) is 6.89. The van der Waals surface area contributed by atoms with Gasteiger partial charge in [-0.1, -0.05) is 84.9 Å². The first-order chi connectivity index (χ1) is 19.9. The van der Waals surface area contributed by atoms with Crippen LogP contribution >= 0.6 is 0 Å². The maximum atomic E-state index is 14.6. The number of nitro groups is 1. The van der Waals surface area contributed by atoms with E-state index in [1.54, 1.807) is 42.6 Å². The third-order valence-electron chi connectivity index (χ3n) is 8.52. The van der Waals surface area contributed by atoms with Crippen LogP contribution in [0.2, 0.25) is 0 Å². The summed E-state index contributed by atoms with van der Waals surface area (Å²) >= 11 is 0. The first-order valence-electron chi connectivity index (χ1n) is 13.3. The molecule has 4 atom stereocenters. The number of carbonyl (C=O) groups excluding carboxylic acids is 3. The topological polar surface area (TPSA) is 110 Å². The number of hydrogen-bond donors (Lipinski definition) is 1. The first kappa shape index (κ1) is 24.7. The molecule has 0 aliphatic carbocycles. The molecule has 7 rings (SSSR count). The Morgan fingerprint density at radius 1 is 0.829 bits per heavy atom. The molecule has 0 radical (unpaired) electrons. The van der Waals surface area contributed by atoms with E-state index in [1.165, 1.54) is 24.3 Å². The van der Waals surface area contributed by atoms with E-state index in [9.17, 15) is 24.5 Å². The first-order valence-corrected chi connectivity index (χ1v) is 13.3. The molecule has 0 saturated carbocycles. The maximum absolute atomic E-state index is 14.6.